The molecule has 0 radical (unpaired) electrons. The Morgan fingerprint density at radius 2 is 1.97 bits per heavy atom. The molecule has 0 bridgehead atoms. The number of aliphatic hydroxyl groups is 3. The number of hydrogen-bond acceptors (Lipinski definition) is 7. The molecule has 8 nitrogen and oxygen atoms in total. The zero-order valence-electron chi connectivity index (χ0n) is 14.8. The molecule has 154 valence electrons. The molecule has 0 unspecified atom stereocenters. The Bertz CT molecular complexity index is 1070. The normalized spacial score (nSPS) is 25.6. The first-order chi connectivity index (χ1) is 13.8. The first kappa shape index (κ1) is 20.3. The van der Waals surface area contributed by atoms with Crippen molar-refractivity contribution < 1.29 is 24.4 Å². The maximum atomic E-state index is 14.3. The van der Waals surface area contributed by atoms with Gasteiger partial charge < -0.3 is 30.4 Å². The van der Waals surface area contributed by atoms with Crippen LogP contribution in [0.1, 0.15) is 24.3 Å². The monoisotopic (exact) mass is 442 g/mol. The Hall–Kier alpha value is -2.01. The number of fused-ring (bicyclic) bond motifs is 1. The fourth-order valence-electron chi connectivity index (χ4n) is 3.49. The summed E-state index contributed by atoms with van der Waals surface area (Å²) in [6.45, 7) is 0. The van der Waals surface area contributed by atoms with Crippen molar-refractivity contribution in [3.8, 4) is 0 Å². The van der Waals surface area contributed by atoms with Gasteiger partial charge in [-0.25, -0.2) is 14.4 Å². The molecule has 1 aliphatic heterocycles. The predicted molar refractivity (Wildman–Crippen MR) is 104 cm³/mol. The SMILES string of the molecule is Nc1ncnc2c1c(F)cn2[C@@H]1O[C@@H](C[C@@H](O)c2ccc(Cl)c(Cl)c2)[C@@H](O)[C@H]1O. The molecule has 0 saturated carbocycles. The predicted octanol–water partition coefficient (Wildman–Crippen LogP) is 2.20. The van der Waals surface area contributed by atoms with Gasteiger partial charge in [-0.15, -0.1) is 0 Å². The van der Waals surface area contributed by atoms with E-state index < -0.39 is 36.5 Å². The summed E-state index contributed by atoms with van der Waals surface area (Å²) in [4.78, 5) is 7.75. The third-order valence-corrected chi connectivity index (χ3v) is 5.73. The fraction of sp³-hybridized carbons (Fsp3) is 0.333. The molecule has 4 rings (SSSR count). The number of nitrogens with two attached hydrogens (primary N) is 1. The fourth-order valence-corrected chi connectivity index (χ4v) is 3.79. The number of nitrogen functional groups attached to an aromatic ring is 1. The molecule has 1 saturated heterocycles. The smallest absolute Gasteiger partial charge is 0.164 e. The van der Waals surface area contributed by atoms with Crippen molar-refractivity contribution >= 4 is 40.1 Å². The van der Waals surface area contributed by atoms with Gasteiger partial charge in [0.1, 0.15) is 24.4 Å². The largest absolute Gasteiger partial charge is 0.388 e. The van der Waals surface area contributed by atoms with Gasteiger partial charge >= 0.3 is 0 Å². The van der Waals surface area contributed by atoms with Crippen molar-refractivity contribution in [1.29, 1.82) is 0 Å². The third kappa shape index (κ3) is 3.54. The highest BCUT2D eigenvalue weighted by Crippen LogP contribution is 2.37. The summed E-state index contributed by atoms with van der Waals surface area (Å²) in [5, 5.41) is 32.0. The van der Waals surface area contributed by atoms with E-state index in [1.54, 1.807) is 12.1 Å². The minimum Gasteiger partial charge on any atom is -0.388 e. The van der Waals surface area contributed by atoms with E-state index in [1.807, 2.05) is 0 Å². The molecule has 0 amide bonds. The molecule has 5 N–H and O–H groups in total. The molecule has 29 heavy (non-hydrogen) atoms. The molecular weight excluding hydrogens is 426 g/mol. The van der Waals surface area contributed by atoms with Gasteiger partial charge in [0.05, 0.1) is 27.6 Å². The van der Waals surface area contributed by atoms with Crippen LogP contribution in [0.3, 0.4) is 0 Å². The second kappa shape index (κ2) is 7.67. The van der Waals surface area contributed by atoms with Crippen LogP contribution in [-0.4, -0.2) is 48.2 Å². The summed E-state index contributed by atoms with van der Waals surface area (Å²) >= 11 is 11.9. The van der Waals surface area contributed by atoms with Crippen molar-refractivity contribution in [2.45, 2.75) is 37.1 Å². The molecule has 1 fully saturated rings. The number of anilines is 1. The first-order valence-electron chi connectivity index (χ1n) is 8.69. The maximum absolute atomic E-state index is 14.3. The van der Waals surface area contributed by atoms with E-state index in [2.05, 4.69) is 9.97 Å². The van der Waals surface area contributed by atoms with E-state index in [0.29, 0.717) is 10.6 Å². The second-order valence-electron chi connectivity index (χ2n) is 6.81. The summed E-state index contributed by atoms with van der Waals surface area (Å²) in [6.07, 6.45) is -3.59. The minimum absolute atomic E-state index is 0.00270. The topological polar surface area (TPSA) is 127 Å². The zero-order valence-corrected chi connectivity index (χ0v) is 16.3. The van der Waals surface area contributed by atoms with Crippen LogP contribution in [-0.2, 0) is 4.74 Å². The summed E-state index contributed by atoms with van der Waals surface area (Å²) in [7, 11) is 0. The number of aliphatic hydroxyl groups excluding tert-OH is 3. The van der Waals surface area contributed by atoms with E-state index in [0.717, 1.165) is 12.5 Å². The number of nitrogens with zero attached hydrogens (tertiary/aromatic N) is 3. The van der Waals surface area contributed by atoms with Crippen LogP contribution in [0.15, 0.2) is 30.7 Å². The van der Waals surface area contributed by atoms with Crippen LogP contribution in [0.25, 0.3) is 11.0 Å². The quantitative estimate of drug-likeness (QED) is 0.487. The highest BCUT2D eigenvalue weighted by molar-refractivity contribution is 6.42. The van der Waals surface area contributed by atoms with Crippen molar-refractivity contribution in [2.24, 2.45) is 0 Å². The van der Waals surface area contributed by atoms with Gasteiger partial charge in [0.15, 0.2) is 17.7 Å². The lowest BCUT2D eigenvalue weighted by Crippen LogP contribution is -2.32. The Morgan fingerprint density at radius 3 is 2.69 bits per heavy atom. The molecule has 2 aromatic heterocycles. The molecule has 1 aliphatic rings. The molecule has 5 atom stereocenters. The number of ether oxygens (including phenoxy) is 1. The summed E-state index contributed by atoms with van der Waals surface area (Å²) in [5.41, 5.74) is 6.30. The van der Waals surface area contributed by atoms with Crippen LogP contribution in [0, 0.1) is 5.82 Å². The lowest BCUT2D eigenvalue weighted by Gasteiger charge is -2.19. The summed E-state index contributed by atoms with van der Waals surface area (Å²) < 4.78 is 21.3. The molecule has 11 heteroatoms. The van der Waals surface area contributed by atoms with Crippen molar-refractivity contribution in [2.75, 3.05) is 5.73 Å². The lowest BCUT2D eigenvalue weighted by atomic mass is 9.99. The number of aromatic nitrogens is 3. The van der Waals surface area contributed by atoms with E-state index in [9.17, 15) is 19.7 Å². The standard InChI is InChI=1S/C18H17Cl2FN4O4/c19-8-2-1-7(3-9(8)20)11(26)4-12-14(27)15(28)18(29-12)25-5-10(21)13-16(22)23-6-24-17(13)25/h1-3,5-6,11-12,14-15,18,26-28H,4H2,(H2,22,23,24)/t11-,12+,14-,15-,18-/m1/s1. The first-order valence-corrected chi connectivity index (χ1v) is 9.44. The number of rotatable bonds is 4. The van der Waals surface area contributed by atoms with Gasteiger partial charge in [-0.1, -0.05) is 29.3 Å². The van der Waals surface area contributed by atoms with Gasteiger partial charge in [0.2, 0.25) is 0 Å². The van der Waals surface area contributed by atoms with E-state index in [4.69, 9.17) is 33.7 Å². The van der Waals surface area contributed by atoms with Crippen molar-refractivity contribution in [3.05, 3.63) is 52.1 Å². The van der Waals surface area contributed by atoms with Crippen molar-refractivity contribution in [1.82, 2.24) is 14.5 Å². The molecule has 0 spiro atoms. The number of hydrogen-bond donors (Lipinski definition) is 4. The van der Waals surface area contributed by atoms with Crippen LogP contribution < -0.4 is 5.73 Å². The number of halogens is 3. The Labute approximate surface area is 174 Å². The van der Waals surface area contributed by atoms with E-state index in [1.165, 1.54) is 10.6 Å². The average Bonchev–Trinajstić information content (AvgIpc) is 3.16. The molecule has 3 aromatic rings. The van der Waals surface area contributed by atoms with E-state index >= 15 is 0 Å². The summed E-state index contributed by atoms with van der Waals surface area (Å²) in [5.74, 6) is -0.728. The molecule has 0 aliphatic carbocycles. The Kier molecular flexibility index (Phi) is 5.36. The van der Waals surface area contributed by atoms with Crippen molar-refractivity contribution in [3.63, 3.8) is 0 Å². The molecular formula is C18H17Cl2FN4O4. The minimum atomic E-state index is -1.38. The summed E-state index contributed by atoms with van der Waals surface area (Å²) in [6, 6.07) is 4.66. The van der Waals surface area contributed by atoms with Crippen LogP contribution in [0.4, 0.5) is 10.2 Å². The average molecular weight is 443 g/mol. The highest BCUT2D eigenvalue weighted by atomic mass is 35.5. The van der Waals surface area contributed by atoms with Gasteiger partial charge in [0, 0.05) is 12.6 Å². The zero-order chi connectivity index (χ0) is 20.9. The van der Waals surface area contributed by atoms with Gasteiger partial charge in [-0.3, -0.25) is 0 Å². The lowest BCUT2D eigenvalue weighted by molar-refractivity contribution is -0.0492. The Morgan fingerprint density at radius 1 is 1.21 bits per heavy atom. The van der Waals surface area contributed by atoms with Crippen LogP contribution in [0.5, 0.6) is 0 Å². The third-order valence-electron chi connectivity index (χ3n) is 4.99. The Balaban J connectivity index is 1.58. The van der Waals surface area contributed by atoms with Crippen LogP contribution in [0.2, 0.25) is 10.0 Å². The van der Waals surface area contributed by atoms with Gasteiger partial charge in [-0.2, -0.15) is 0 Å². The van der Waals surface area contributed by atoms with Crippen LogP contribution >= 0.6 is 23.2 Å². The second-order valence-corrected chi connectivity index (χ2v) is 7.63. The van der Waals surface area contributed by atoms with Gasteiger partial charge in [0.25, 0.3) is 0 Å². The number of benzene rings is 1. The van der Waals surface area contributed by atoms with E-state index in [-0.39, 0.29) is 28.3 Å². The molecule has 3 heterocycles. The maximum Gasteiger partial charge on any atom is 0.164 e. The molecule has 1 aromatic carbocycles. The highest BCUT2D eigenvalue weighted by Gasteiger charge is 2.45. The van der Waals surface area contributed by atoms with Gasteiger partial charge in [-0.05, 0) is 17.7 Å².